The van der Waals surface area contributed by atoms with Crippen LogP contribution in [0.15, 0.2) is 36.4 Å². The van der Waals surface area contributed by atoms with E-state index in [1.54, 1.807) is 6.07 Å². The zero-order valence-electron chi connectivity index (χ0n) is 12.7. The molecule has 1 aromatic carbocycles. The third-order valence-electron chi connectivity index (χ3n) is 3.51. The summed E-state index contributed by atoms with van der Waals surface area (Å²) < 4.78 is 0. The van der Waals surface area contributed by atoms with Crippen molar-refractivity contribution in [1.82, 2.24) is 10.3 Å². The number of amides is 2. The number of aromatic nitrogens is 1. The van der Waals surface area contributed by atoms with Gasteiger partial charge in [-0.1, -0.05) is 24.3 Å². The topological polar surface area (TPSA) is 109 Å². The second-order valence-electron chi connectivity index (χ2n) is 5.22. The molecule has 2 amide bonds. The lowest BCUT2D eigenvalue weighted by Gasteiger charge is -2.15. The largest absolute Gasteiger partial charge is 0.368 e. The number of rotatable bonds is 7. The standard InChI is InChI=1S/C17H18N4O2/c18-11-5-1-2-8-14(16(19)22)21-17(23)15-10-9-12-6-3-4-7-13(12)20-15/h3-4,6-7,9-10,14H,1-2,5,8H2,(H2,19,22)(H,21,23)/t14-/m1/s1. The fourth-order valence-corrected chi connectivity index (χ4v) is 2.26. The first-order valence-electron chi connectivity index (χ1n) is 7.44. The molecule has 6 nitrogen and oxygen atoms in total. The highest BCUT2D eigenvalue weighted by atomic mass is 16.2. The van der Waals surface area contributed by atoms with Gasteiger partial charge in [0.1, 0.15) is 11.7 Å². The first-order chi connectivity index (χ1) is 11.1. The van der Waals surface area contributed by atoms with Crippen molar-refractivity contribution in [3.05, 3.63) is 42.1 Å². The quantitative estimate of drug-likeness (QED) is 0.761. The molecule has 0 radical (unpaired) electrons. The minimum atomic E-state index is -0.755. The third-order valence-corrected chi connectivity index (χ3v) is 3.51. The number of benzene rings is 1. The van der Waals surface area contributed by atoms with E-state index < -0.39 is 17.9 Å². The Bertz CT molecular complexity index is 752. The SMILES string of the molecule is N#CCCCC[C@@H](NC(=O)c1ccc2ccccc2n1)C(N)=O. The van der Waals surface area contributed by atoms with Crippen molar-refractivity contribution >= 4 is 22.7 Å². The van der Waals surface area contributed by atoms with Crippen molar-refractivity contribution in [1.29, 1.82) is 5.26 Å². The van der Waals surface area contributed by atoms with Crippen LogP contribution in [0.1, 0.15) is 36.2 Å². The number of hydrogen-bond donors (Lipinski definition) is 2. The maximum Gasteiger partial charge on any atom is 0.270 e. The van der Waals surface area contributed by atoms with Gasteiger partial charge in [0.15, 0.2) is 0 Å². The van der Waals surface area contributed by atoms with Gasteiger partial charge >= 0.3 is 0 Å². The number of unbranched alkanes of at least 4 members (excludes halogenated alkanes) is 2. The number of fused-ring (bicyclic) bond motifs is 1. The molecule has 0 bridgehead atoms. The van der Waals surface area contributed by atoms with Crippen LogP contribution in [-0.4, -0.2) is 22.8 Å². The maximum atomic E-state index is 12.3. The first-order valence-corrected chi connectivity index (χ1v) is 7.44. The van der Waals surface area contributed by atoms with Crippen LogP contribution >= 0.6 is 0 Å². The predicted octanol–water partition coefficient (Wildman–Crippen LogP) is 1.90. The van der Waals surface area contributed by atoms with Crippen LogP contribution in [0.5, 0.6) is 0 Å². The van der Waals surface area contributed by atoms with Crippen LogP contribution in [0.3, 0.4) is 0 Å². The van der Waals surface area contributed by atoms with E-state index in [4.69, 9.17) is 11.0 Å². The van der Waals surface area contributed by atoms with Crippen molar-refractivity contribution in [2.75, 3.05) is 0 Å². The zero-order valence-corrected chi connectivity index (χ0v) is 12.7. The number of nitrogens with zero attached hydrogens (tertiary/aromatic N) is 2. The molecule has 0 aliphatic rings. The molecular weight excluding hydrogens is 292 g/mol. The predicted molar refractivity (Wildman–Crippen MR) is 86.3 cm³/mol. The van der Waals surface area contributed by atoms with Gasteiger partial charge in [-0.3, -0.25) is 9.59 Å². The zero-order chi connectivity index (χ0) is 16.7. The van der Waals surface area contributed by atoms with Crippen LogP contribution in [-0.2, 0) is 4.79 Å². The summed E-state index contributed by atoms with van der Waals surface area (Å²) in [7, 11) is 0. The molecule has 1 heterocycles. The third kappa shape index (κ3) is 4.51. The molecule has 0 aliphatic heterocycles. The Balaban J connectivity index is 2.04. The molecule has 3 N–H and O–H groups in total. The Kier molecular flexibility index (Phi) is 5.64. The van der Waals surface area contributed by atoms with Crippen LogP contribution in [0.25, 0.3) is 10.9 Å². The average molecular weight is 310 g/mol. The number of pyridine rings is 1. The van der Waals surface area contributed by atoms with Gasteiger partial charge in [0.25, 0.3) is 5.91 Å². The highest BCUT2D eigenvalue weighted by molar-refractivity contribution is 5.97. The summed E-state index contributed by atoms with van der Waals surface area (Å²) in [4.78, 5) is 28.0. The summed E-state index contributed by atoms with van der Waals surface area (Å²) >= 11 is 0. The Morgan fingerprint density at radius 1 is 1.22 bits per heavy atom. The summed E-state index contributed by atoms with van der Waals surface area (Å²) in [6, 6.07) is 12.2. The summed E-state index contributed by atoms with van der Waals surface area (Å²) in [6.45, 7) is 0. The summed E-state index contributed by atoms with van der Waals surface area (Å²) in [5.41, 5.74) is 6.28. The van der Waals surface area contributed by atoms with Crippen molar-refractivity contribution in [3.8, 4) is 6.07 Å². The number of hydrogen-bond acceptors (Lipinski definition) is 4. The first kappa shape index (κ1) is 16.4. The summed E-state index contributed by atoms with van der Waals surface area (Å²) in [5.74, 6) is -1.02. The molecule has 118 valence electrons. The van der Waals surface area contributed by atoms with Gasteiger partial charge in [0.2, 0.25) is 5.91 Å². The van der Waals surface area contributed by atoms with E-state index in [0.29, 0.717) is 31.2 Å². The van der Waals surface area contributed by atoms with Gasteiger partial charge in [-0.05, 0) is 31.4 Å². The van der Waals surface area contributed by atoms with Crippen LogP contribution in [0, 0.1) is 11.3 Å². The normalized spacial score (nSPS) is 11.6. The minimum absolute atomic E-state index is 0.243. The van der Waals surface area contributed by atoms with E-state index in [1.165, 1.54) is 0 Å². The molecule has 0 fully saturated rings. The number of nitrogens with two attached hydrogens (primary N) is 1. The van der Waals surface area contributed by atoms with E-state index in [1.807, 2.05) is 36.4 Å². The lowest BCUT2D eigenvalue weighted by Crippen LogP contribution is -2.44. The Hall–Kier alpha value is -2.94. The Morgan fingerprint density at radius 2 is 2.00 bits per heavy atom. The number of carbonyl (C=O) groups excluding carboxylic acids is 2. The van der Waals surface area contributed by atoms with Crippen molar-refractivity contribution in [2.45, 2.75) is 31.7 Å². The van der Waals surface area contributed by atoms with Crippen LogP contribution in [0.2, 0.25) is 0 Å². The number of nitriles is 1. The van der Waals surface area contributed by atoms with Gasteiger partial charge in [0.05, 0.1) is 11.6 Å². The van der Waals surface area contributed by atoms with E-state index in [2.05, 4.69) is 10.3 Å². The minimum Gasteiger partial charge on any atom is -0.368 e. The highest BCUT2D eigenvalue weighted by Gasteiger charge is 2.19. The molecule has 2 rings (SSSR count). The van der Waals surface area contributed by atoms with E-state index in [-0.39, 0.29) is 5.69 Å². The van der Waals surface area contributed by atoms with Crippen LogP contribution in [0.4, 0.5) is 0 Å². The van der Waals surface area contributed by atoms with Crippen LogP contribution < -0.4 is 11.1 Å². The van der Waals surface area contributed by atoms with E-state index in [0.717, 1.165) is 5.39 Å². The fraction of sp³-hybridized carbons (Fsp3) is 0.294. The maximum absolute atomic E-state index is 12.3. The van der Waals surface area contributed by atoms with Gasteiger partial charge in [-0.15, -0.1) is 0 Å². The highest BCUT2D eigenvalue weighted by Crippen LogP contribution is 2.12. The number of carbonyl (C=O) groups is 2. The number of primary amides is 1. The van der Waals surface area contributed by atoms with Gasteiger partial charge in [-0.25, -0.2) is 4.98 Å². The molecule has 2 aromatic rings. The lowest BCUT2D eigenvalue weighted by molar-refractivity contribution is -0.120. The van der Waals surface area contributed by atoms with Gasteiger partial charge in [0, 0.05) is 11.8 Å². The molecular formula is C17H18N4O2. The second kappa shape index (κ2) is 7.90. The molecule has 6 heteroatoms. The monoisotopic (exact) mass is 310 g/mol. The smallest absolute Gasteiger partial charge is 0.270 e. The molecule has 0 spiro atoms. The van der Waals surface area contributed by atoms with Crippen molar-refractivity contribution in [2.24, 2.45) is 5.73 Å². The Labute approximate surface area is 134 Å². The second-order valence-corrected chi connectivity index (χ2v) is 5.22. The molecule has 0 saturated carbocycles. The van der Waals surface area contributed by atoms with Crippen molar-refractivity contribution < 1.29 is 9.59 Å². The summed E-state index contributed by atoms with van der Waals surface area (Å²) in [6.07, 6.45) is 2.15. The molecule has 0 unspecified atom stereocenters. The molecule has 23 heavy (non-hydrogen) atoms. The number of nitrogens with one attached hydrogen (secondary N) is 1. The number of para-hydroxylation sites is 1. The van der Waals surface area contributed by atoms with Crippen molar-refractivity contribution in [3.63, 3.8) is 0 Å². The average Bonchev–Trinajstić information content (AvgIpc) is 2.56. The van der Waals surface area contributed by atoms with E-state index >= 15 is 0 Å². The molecule has 0 aliphatic carbocycles. The Morgan fingerprint density at radius 3 is 2.74 bits per heavy atom. The molecule has 1 atom stereocenters. The molecule has 0 saturated heterocycles. The molecule has 1 aromatic heterocycles. The fourth-order valence-electron chi connectivity index (χ4n) is 2.26. The summed E-state index contributed by atoms with van der Waals surface area (Å²) in [5, 5.41) is 12.1. The lowest BCUT2D eigenvalue weighted by atomic mass is 10.1. The van der Waals surface area contributed by atoms with E-state index in [9.17, 15) is 9.59 Å². The van der Waals surface area contributed by atoms with Gasteiger partial charge < -0.3 is 11.1 Å². The van der Waals surface area contributed by atoms with Gasteiger partial charge in [-0.2, -0.15) is 5.26 Å².